The van der Waals surface area contributed by atoms with Crippen LogP contribution in [0.5, 0.6) is 0 Å². The molecule has 4 aromatic rings. The zero-order chi connectivity index (χ0) is 22.2. The second kappa shape index (κ2) is 7.96. The minimum atomic E-state index is -0.399. The first-order valence-corrected chi connectivity index (χ1v) is 10.4. The minimum absolute atomic E-state index is 0.0626. The summed E-state index contributed by atoms with van der Waals surface area (Å²) >= 11 is 0. The van der Waals surface area contributed by atoms with Gasteiger partial charge >= 0.3 is 5.97 Å². The largest absolute Gasteiger partial charge is 0.465 e. The lowest BCUT2D eigenvalue weighted by Gasteiger charge is -2.15. The summed E-state index contributed by atoms with van der Waals surface area (Å²) in [6, 6.07) is 19.6. The van der Waals surface area contributed by atoms with E-state index in [1.807, 2.05) is 36.4 Å². The number of hydrogen-bond acceptors (Lipinski definition) is 3. The third kappa shape index (κ3) is 3.54. The van der Waals surface area contributed by atoms with Crippen LogP contribution in [0.3, 0.4) is 0 Å². The predicted octanol–water partition coefficient (Wildman–Crippen LogP) is 5.09. The van der Waals surface area contributed by atoms with Gasteiger partial charge in [-0.2, -0.15) is 0 Å². The number of aromatic nitrogens is 1. The van der Waals surface area contributed by atoms with Gasteiger partial charge in [0.2, 0.25) is 5.91 Å². The summed E-state index contributed by atoms with van der Waals surface area (Å²) in [5.41, 5.74) is 5.03. The van der Waals surface area contributed by atoms with Crippen LogP contribution in [0.15, 0.2) is 72.9 Å². The highest BCUT2D eigenvalue weighted by Gasteiger charge is 2.28. The molecule has 32 heavy (non-hydrogen) atoms. The molecule has 0 fully saturated rings. The molecule has 0 radical (unpaired) electrons. The van der Waals surface area contributed by atoms with Gasteiger partial charge in [0.25, 0.3) is 0 Å². The summed E-state index contributed by atoms with van der Waals surface area (Å²) in [5, 5.41) is 4.01. The molecular formula is C26H21FN2O3. The average Bonchev–Trinajstić information content (AvgIpc) is 3.08. The zero-order valence-electron chi connectivity index (χ0n) is 17.5. The highest BCUT2D eigenvalue weighted by Crippen LogP contribution is 2.41. The van der Waals surface area contributed by atoms with E-state index in [0.29, 0.717) is 12.1 Å². The molecule has 5 rings (SSSR count). The van der Waals surface area contributed by atoms with E-state index in [9.17, 15) is 14.0 Å². The molecule has 1 amide bonds. The lowest BCUT2D eigenvalue weighted by molar-refractivity contribution is -0.116. The molecular weight excluding hydrogens is 407 g/mol. The smallest absolute Gasteiger partial charge is 0.337 e. The van der Waals surface area contributed by atoms with E-state index < -0.39 is 5.97 Å². The maximum Gasteiger partial charge on any atom is 0.337 e. The van der Waals surface area contributed by atoms with Crippen LogP contribution in [0.25, 0.3) is 10.9 Å². The quantitative estimate of drug-likeness (QED) is 0.461. The molecule has 0 unspecified atom stereocenters. The maximum absolute atomic E-state index is 13.7. The van der Waals surface area contributed by atoms with Crippen molar-refractivity contribution in [2.45, 2.75) is 18.9 Å². The Bertz CT molecular complexity index is 1340. The van der Waals surface area contributed by atoms with E-state index in [-0.39, 0.29) is 24.1 Å². The van der Waals surface area contributed by atoms with Crippen molar-refractivity contribution in [3.8, 4) is 0 Å². The second-order valence-corrected chi connectivity index (χ2v) is 7.96. The number of carbonyl (C=O) groups is 2. The number of nitrogens with one attached hydrogen (secondary N) is 1. The Labute approximate surface area is 184 Å². The van der Waals surface area contributed by atoms with E-state index >= 15 is 0 Å². The third-order valence-corrected chi connectivity index (χ3v) is 5.95. The monoisotopic (exact) mass is 428 g/mol. The van der Waals surface area contributed by atoms with Crippen LogP contribution in [-0.4, -0.2) is 23.6 Å². The van der Waals surface area contributed by atoms with Crippen LogP contribution in [0.1, 0.15) is 39.4 Å². The van der Waals surface area contributed by atoms with E-state index in [1.54, 1.807) is 18.2 Å². The lowest BCUT2D eigenvalue weighted by Crippen LogP contribution is -2.14. The Balaban J connectivity index is 1.62. The van der Waals surface area contributed by atoms with Crippen molar-refractivity contribution >= 4 is 28.5 Å². The summed E-state index contributed by atoms with van der Waals surface area (Å²) in [4.78, 5) is 24.5. The van der Waals surface area contributed by atoms with Crippen molar-refractivity contribution < 1.29 is 18.7 Å². The molecule has 160 valence electrons. The molecule has 1 aliphatic rings. The van der Waals surface area contributed by atoms with Crippen LogP contribution >= 0.6 is 0 Å². The summed E-state index contributed by atoms with van der Waals surface area (Å²) in [5.74, 6) is -0.907. The van der Waals surface area contributed by atoms with Crippen LogP contribution in [0.2, 0.25) is 0 Å². The number of methoxy groups -OCH3 is 1. The summed E-state index contributed by atoms with van der Waals surface area (Å²) in [6.45, 7) is 0.514. The van der Waals surface area contributed by atoms with E-state index in [2.05, 4.69) is 16.1 Å². The number of benzene rings is 3. The first-order valence-electron chi connectivity index (χ1n) is 10.4. The van der Waals surface area contributed by atoms with Crippen LogP contribution < -0.4 is 5.32 Å². The standard InChI is InChI=1S/C26H21FN2O3/c1-32-26(31)18-10-8-17(9-11-18)20-13-24(30)28-22-6-3-7-23-25(22)21(20)15-29(23)14-16-4-2-5-19(27)12-16/h2-12,15,20H,13-14H2,1H3,(H,28,30)/t20-/m0/s1. The normalized spacial score (nSPS) is 15.3. The van der Waals surface area contributed by atoms with E-state index in [0.717, 1.165) is 33.3 Å². The molecule has 0 bridgehead atoms. The minimum Gasteiger partial charge on any atom is -0.465 e. The fraction of sp³-hybridized carbons (Fsp3) is 0.154. The zero-order valence-corrected chi connectivity index (χ0v) is 17.5. The van der Waals surface area contributed by atoms with Crippen molar-refractivity contribution in [3.05, 3.63) is 101 Å². The first kappa shape index (κ1) is 20.0. The van der Waals surface area contributed by atoms with Gasteiger partial charge in [0.1, 0.15) is 5.82 Å². The molecule has 0 saturated carbocycles. The SMILES string of the molecule is COC(=O)c1ccc([C@@H]2CC(=O)Nc3cccc4c3c2cn4Cc2cccc(F)c2)cc1. The van der Waals surface area contributed by atoms with Crippen LogP contribution in [0.4, 0.5) is 10.1 Å². The van der Waals surface area contributed by atoms with E-state index in [4.69, 9.17) is 4.74 Å². The van der Waals surface area contributed by atoms with Gasteiger partial charge in [-0.15, -0.1) is 0 Å². The average molecular weight is 428 g/mol. The molecule has 1 aliphatic heterocycles. The van der Waals surface area contributed by atoms with Crippen LogP contribution in [-0.2, 0) is 16.1 Å². The number of ether oxygens (including phenoxy) is 1. The van der Waals surface area contributed by atoms with Crippen molar-refractivity contribution in [1.29, 1.82) is 0 Å². The number of rotatable bonds is 4. The number of amides is 1. The van der Waals surface area contributed by atoms with Crippen molar-refractivity contribution in [2.75, 3.05) is 12.4 Å². The van der Waals surface area contributed by atoms with Gasteiger partial charge in [-0.25, -0.2) is 9.18 Å². The summed E-state index contributed by atoms with van der Waals surface area (Å²) in [6.07, 6.45) is 2.34. The van der Waals surface area contributed by atoms with Crippen molar-refractivity contribution in [2.24, 2.45) is 0 Å². The topological polar surface area (TPSA) is 60.3 Å². The Morgan fingerprint density at radius 3 is 2.66 bits per heavy atom. The van der Waals surface area contributed by atoms with Gasteiger partial charge in [-0.3, -0.25) is 4.79 Å². The highest BCUT2D eigenvalue weighted by molar-refractivity contribution is 6.06. The van der Waals surface area contributed by atoms with Gasteiger partial charge in [-0.1, -0.05) is 30.3 Å². The number of carbonyl (C=O) groups excluding carboxylic acids is 2. The third-order valence-electron chi connectivity index (χ3n) is 5.95. The Morgan fingerprint density at radius 2 is 1.91 bits per heavy atom. The molecule has 0 aliphatic carbocycles. The molecule has 0 spiro atoms. The number of hydrogen-bond donors (Lipinski definition) is 1. The number of anilines is 1. The Morgan fingerprint density at radius 1 is 1.12 bits per heavy atom. The Kier molecular flexibility index (Phi) is 4.98. The first-order chi connectivity index (χ1) is 15.5. The summed E-state index contributed by atoms with van der Waals surface area (Å²) < 4.78 is 20.6. The summed E-state index contributed by atoms with van der Waals surface area (Å²) in [7, 11) is 1.35. The molecule has 5 nitrogen and oxygen atoms in total. The van der Waals surface area contributed by atoms with Crippen molar-refractivity contribution in [1.82, 2.24) is 4.57 Å². The predicted molar refractivity (Wildman–Crippen MR) is 120 cm³/mol. The van der Waals surface area contributed by atoms with Crippen LogP contribution in [0, 0.1) is 5.82 Å². The molecule has 2 heterocycles. The lowest BCUT2D eigenvalue weighted by atomic mass is 9.88. The number of esters is 1. The maximum atomic E-state index is 13.7. The molecule has 3 aromatic carbocycles. The fourth-order valence-corrected chi connectivity index (χ4v) is 4.48. The molecule has 1 atom stereocenters. The molecule has 1 N–H and O–H groups in total. The molecule has 1 aromatic heterocycles. The van der Waals surface area contributed by atoms with Crippen molar-refractivity contribution in [3.63, 3.8) is 0 Å². The molecule has 0 saturated heterocycles. The number of nitrogens with zero attached hydrogens (tertiary/aromatic N) is 1. The second-order valence-electron chi connectivity index (χ2n) is 7.96. The van der Waals surface area contributed by atoms with Gasteiger partial charge in [0.15, 0.2) is 0 Å². The van der Waals surface area contributed by atoms with Gasteiger partial charge < -0.3 is 14.6 Å². The van der Waals surface area contributed by atoms with Gasteiger partial charge in [0.05, 0.1) is 23.9 Å². The number of halogens is 1. The Hall–Kier alpha value is -3.93. The highest BCUT2D eigenvalue weighted by atomic mass is 19.1. The molecule has 6 heteroatoms. The fourth-order valence-electron chi connectivity index (χ4n) is 4.48. The van der Waals surface area contributed by atoms with Gasteiger partial charge in [-0.05, 0) is 53.1 Å². The van der Waals surface area contributed by atoms with E-state index in [1.165, 1.54) is 19.2 Å². The van der Waals surface area contributed by atoms with Gasteiger partial charge in [0, 0.05) is 30.5 Å².